The van der Waals surface area contributed by atoms with E-state index in [4.69, 9.17) is 0 Å². The van der Waals surface area contributed by atoms with Crippen LogP contribution in [0.3, 0.4) is 0 Å². The number of hydrogen-bond acceptors (Lipinski definition) is 5. The van der Waals surface area contributed by atoms with Gasteiger partial charge in [-0.15, -0.1) is 0 Å². The highest BCUT2D eigenvalue weighted by Gasteiger charge is 2.18. The zero-order valence-electron chi connectivity index (χ0n) is 16.2. The first-order valence-corrected chi connectivity index (χ1v) is 9.77. The van der Waals surface area contributed by atoms with E-state index >= 15 is 0 Å². The Hall–Kier alpha value is -3.67. The van der Waals surface area contributed by atoms with Crippen LogP contribution in [0.15, 0.2) is 61.7 Å². The Bertz CT molecular complexity index is 1190. The highest BCUT2D eigenvalue weighted by Crippen LogP contribution is 2.35. The minimum absolute atomic E-state index is 0.481. The second kappa shape index (κ2) is 7.05. The van der Waals surface area contributed by atoms with E-state index < -0.39 is 0 Å². The molecule has 1 unspecified atom stereocenters. The molecule has 4 heterocycles. The number of pyridine rings is 1. The average Bonchev–Trinajstić information content (AvgIpc) is 3.11. The van der Waals surface area contributed by atoms with Gasteiger partial charge in [-0.2, -0.15) is 4.98 Å². The second-order valence-corrected chi connectivity index (χ2v) is 7.42. The van der Waals surface area contributed by atoms with Gasteiger partial charge in [-0.25, -0.2) is 4.98 Å². The molecular weight excluding hydrogens is 360 g/mol. The fourth-order valence-electron chi connectivity index (χ4n) is 3.87. The van der Waals surface area contributed by atoms with Crippen LogP contribution in [0.4, 0.5) is 11.6 Å². The molecule has 0 amide bonds. The standard InChI is InChI=1S/C23H22N6/c1-14-5-10-25-15(2)18-4-3-16(11-19(14)18)20-12-26-22-21(20)13-27-23(29-22)28-17-6-8-24-9-7-17/h3-4,6-9,11-14,25H,2,5,10H2,1H3,(H2,24,26,27,28,29). The van der Waals surface area contributed by atoms with Crippen molar-refractivity contribution in [3.63, 3.8) is 0 Å². The third-order valence-electron chi connectivity index (χ3n) is 5.50. The van der Waals surface area contributed by atoms with Crippen LogP contribution in [-0.2, 0) is 0 Å². The number of H-pyrrole nitrogens is 1. The number of rotatable bonds is 3. The predicted molar refractivity (Wildman–Crippen MR) is 117 cm³/mol. The summed E-state index contributed by atoms with van der Waals surface area (Å²) in [6, 6.07) is 10.4. The van der Waals surface area contributed by atoms with E-state index in [2.05, 4.69) is 62.3 Å². The predicted octanol–water partition coefficient (Wildman–Crippen LogP) is 4.83. The summed E-state index contributed by atoms with van der Waals surface area (Å²) in [4.78, 5) is 16.4. The number of aromatic amines is 1. The van der Waals surface area contributed by atoms with Crippen molar-refractivity contribution in [3.05, 3.63) is 72.8 Å². The number of nitrogens with one attached hydrogen (secondary N) is 3. The number of hydrogen-bond donors (Lipinski definition) is 3. The number of nitrogens with zero attached hydrogens (tertiary/aromatic N) is 3. The van der Waals surface area contributed by atoms with Gasteiger partial charge in [0, 0.05) is 59.2 Å². The van der Waals surface area contributed by atoms with Crippen LogP contribution >= 0.6 is 0 Å². The van der Waals surface area contributed by atoms with E-state index in [0.717, 1.165) is 46.5 Å². The van der Waals surface area contributed by atoms with Crippen molar-refractivity contribution in [1.82, 2.24) is 25.3 Å². The highest BCUT2D eigenvalue weighted by molar-refractivity contribution is 5.94. The summed E-state index contributed by atoms with van der Waals surface area (Å²) in [7, 11) is 0. The minimum Gasteiger partial charge on any atom is -0.385 e. The van der Waals surface area contributed by atoms with Gasteiger partial charge >= 0.3 is 0 Å². The molecule has 4 aromatic rings. The van der Waals surface area contributed by atoms with E-state index in [0.29, 0.717) is 11.9 Å². The zero-order chi connectivity index (χ0) is 19.8. The summed E-state index contributed by atoms with van der Waals surface area (Å²) in [6.07, 6.45) is 8.43. The van der Waals surface area contributed by atoms with Gasteiger partial charge < -0.3 is 15.6 Å². The molecule has 3 N–H and O–H groups in total. The lowest BCUT2D eigenvalue weighted by Gasteiger charge is -2.14. The number of fused-ring (bicyclic) bond motifs is 2. The Morgan fingerprint density at radius 1 is 1.14 bits per heavy atom. The Balaban J connectivity index is 1.52. The van der Waals surface area contributed by atoms with Gasteiger partial charge in [0.25, 0.3) is 0 Å². The normalized spacial score (nSPS) is 16.2. The Kier molecular flexibility index (Phi) is 4.24. The number of aromatic nitrogens is 4. The van der Waals surface area contributed by atoms with Crippen LogP contribution in [-0.4, -0.2) is 26.5 Å². The van der Waals surface area contributed by atoms with E-state index in [1.165, 1.54) is 11.1 Å². The van der Waals surface area contributed by atoms with Crippen molar-refractivity contribution >= 4 is 28.4 Å². The van der Waals surface area contributed by atoms with E-state index in [9.17, 15) is 0 Å². The molecule has 6 heteroatoms. The third kappa shape index (κ3) is 3.23. The minimum atomic E-state index is 0.481. The lowest BCUT2D eigenvalue weighted by Crippen LogP contribution is -2.10. The van der Waals surface area contributed by atoms with Gasteiger partial charge in [-0.05, 0) is 35.6 Å². The van der Waals surface area contributed by atoms with Crippen molar-refractivity contribution in [2.75, 3.05) is 11.9 Å². The van der Waals surface area contributed by atoms with Gasteiger partial charge in [-0.1, -0.05) is 31.7 Å². The monoisotopic (exact) mass is 382 g/mol. The number of anilines is 2. The van der Waals surface area contributed by atoms with E-state index in [1.807, 2.05) is 24.5 Å². The maximum absolute atomic E-state index is 4.62. The summed E-state index contributed by atoms with van der Waals surface area (Å²) in [5, 5.41) is 7.62. The first kappa shape index (κ1) is 17.4. The van der Waals surface area contributed by atoms with Gasteiger partial charge in [0.15, 0.2) is 0 Å². The summed E-state index contributed by atoms with van der Waals surface area (Å²) < 4.78 is 0. The number of benzene rings is 1. The molecule has 0 bridgehead atoms. The van der Waals surface area contributed by atoms with Crippen LogP contribution < -0.4 is 10.6 Å². The SMILES string of the molecule is C=C1NCCC(C)c2cc(-c3c[nH]c4nc(Nc5ccncc5)ncc34)ccc21. The summed E-state index contributed by atoms with van der Waals surface area (Å²) in [6.45, 7) is 7.42. The summed E-state index contributed by atoms with van der Waals surface area (Å²) in [5.74, 6) is 1.03. The van der Waals surface area contributed by atoms with Gasteiger partial charge in [0.1, 0.15) is 5.65 Å². The molecule has 1 aliphatic heterocycles. The molecule has 144 valence electrons. The fraction of sp³-hybridized carbons (Fsp3) is 0.174. The molecule has 6 nitrogen and oxygen atoms in total. The molecule has 0 saturated heterocycles. The Morgan fingerprint density at radius 3 is 2.86 bits per heavy atom. The molecule has 1 aromatic carbocycles. The first-order chi connectivity index (χ1) is 14.2. The maximum Gasteiger partial charge on any atom is 0.229 e. The zero-order valence-corrected chi connectivity index (χ0v) is 16.2. The summed E-state index contributed by atoms with van der Waals surface area (Å²) in [5.41, 5.74) is 7.52. The Morgan fingerprint density at radius 2 is 2.00 bits per heavy atom. The van der Waals surface area contributed by atoms with Gasteiger partial charge in [0.2, 0.25) is 5.95 Å². The largest absolute Gasteiger partial charge is 0.385 e. The van der Waals surface area contributed by atoms with Crippen LogP contribution in [0.1, 0.15) is 30.4 Å². The molecule has 1 atom stereocenters. The first-order valence-electron chi connectivity index (χ1n) is 9.77. The molecule has 29 heavy (non-hydrogen) atoms. The van der Waals surface area contributed by atoms with Crippen LogP contribution in [0.5, 0.6) is 0 Å². The van der Waals surface area contributed by atoms with Gasteiger partial charge in [-0.3, -0.25) is 4.98 Å². The van der Waals surface area contributed by atoms with Gasteiger partial charge in [0.05, 0.1) is 0 Å². The molecule has 0 saturated carbocycles. The maximum atomic E-state index is 4.62. The highest BCUT2D eigenvalue weighted by atomic mass is 15.1. The van der Waals surface area contributed by atoms with E-state index in [-0.39, 0.29) is 0 Å². The third-order valence-corrected chi connectivity index (χ3v) is 5.50. The molecular formula is C23H22N6. The topological polar surface area (TPSA) is 78.5 Å². The molecule has 0 radical (unpaired) electrons. The lowest BCUT2D eigenvalue weighted by molar-refractivity contribution is 0.672. The molecule has 5 rings (SSSR count). The van der Waals surface area contributed by atoms with Crippen molar-refractivity contribution in [2.45, 2.75) is 19.3 Å². The van der Waals surface area contributed by atoms with Crippen LogP contribution in [0.2, 0.25) is 0 Å². The summed E-state index contributed by atoms with van der Waals surface area (Å²) >= 11 is 0. The van der Waals surface area contributed by atoms with Crippen molar-refractivity contribution in [3.8, 4) is 11.1 Å². The quantitative estimate of drug-likeness (QED) is 0.473. The smallest absolute Gasteiger partial charge is 0.229 e. The van der Waals surface area contributed by atoms with Crippen LogP contribution in [0, 0.1) is 0 Å². The molecule has 3 aromatic heterocycles. The average molecular weight is 382 g/mol. The molecule has 0 spiro atoms. The van der Waals surface area contributed by atoms with Crippen molar-refractivity contribution < 1.29 is 0 Å². The molecule has 1 aliphatic rings. The van der Waals surface area contributed by atoms with Crippen molar-refractivity contribution in [1.29, 1.82) is 0 Å². The molecule has 0 fully saturated rings. The Labute approximate surface area is 169 Å². The fourth-order valence-corrected chi connectivity index (χ4v) is 3.87. The van der Waals surface area contributed by atoms with E-state index in [1.54, 1.807) is 12.4 Å². The molecule has 0 aliphatic carbocycles. The van der Waals surface area contributed by atoms with Crippen molar-refractivity contribution in [2.24, 2.45) is 0 Å². The second-order valence-electron chi connectivity index (χ2n) is 7.42. The van der Waals surface area contributed by atoms with Crippen LogP contribution in [0.25, 0.3) is 27.9 Å². The lowest BCUT2D eigenvalue weighted by atomic mass is 9.90.